The van der Waals surface area contributed by atoms with E-state index in [9.17, 15) is 17.6 Å². The molecule has 0 unspecified atom stereocenters. The number of hydrogen-bond acceptors (Lipinski definition) is 4. The van der Waals surface area contributed by atoms with E-state index in [1.807, 2.05) is 6.92 Å². The minimum absolute atomic E-state index is 0.0894. The van der Waals surface area contributed by atoms with Crippen LogP contribution in [0.15, 0.2) is 35.2 Å². The lowest BCUT2D eigenvalue weighted by molar-refractivity contribution is 0.0730. The summed E-state index contributed by atoms with van der Waals surface area (Å²) in [6.07, 6.45) is 1.24. The monoisotopic (exact) mass is 432 g/mol. The molecule has 0 radical (unpaired) electrons. The summed E-state index contributed by atoms with van der Waals surface area (Å²) in [6.45, 7) is 5.39. The molecule has 2 aromatic carbocycles. The number of ether oxygens (including phenoxy) is 1. The molecule has 160 valence electrons. The van der Waals surface area contributed by atoms with Gasteiger partial charge in [-0.2, -0.15) is 4.31 Å². The van der Waals surface area contributed by atoms with E-state index in [-0.39, 0.29) is 29.7 Å². The van der Waals surface area contributed by atoms with Crippen LogP contribution in [0.5, 0.6) is 0 Å². The van der Waals surface area contributed by atoms with E-state index in [1.165, 1.54) is 22.5 Å². The number of carbonyl (C=O) groups is 1. The quantitative estimate of drug-likeness (QED) is 0.748. The van der Waals surface area contributed by atoms with E-state index in [0.717, 1.165) is 5.56 Å². The first kappa shape index (κ1) is 21.0. The highest BCUT2D eigenvalue weighted by Gasteiger charge is 2.31. The van der Waals surface area contributed by atoms with Crippen molar-refractivity contribution in [3.05, 3.63) is 58.4 Å². The summed E-state index contributed by atoms with van der Waals surface area (Å²) in [6, 6.07) is 7.75. The average Bonchev–Trinajstić information content (AvgIpc) is 2.76. The molecule has 8 heteroatoms. The first-order valence-electron chi connectivity index (χ1n) is 10.1. The molecule has 4 rings (SSSR count). The highest BCUT2D eigenvalue weighted by molar-refractivity contribution is 7.89. The van der Waals surface area contributed by atoms with Gasteiger partial charge in [-0.15, -0.1) is 0 Å². The Bertz CT molecular complexity index is 1090. The second kappa shape index (κ2) is 8.09. The summed E-state index contributed by atoms with van der Waals surface area (Å²) in [4.78, 5) is 15.2. The van der Waals surface area contributed by atoms with Crippen LogP contribution in [0.1, 0.15) is 33.5 Å². The Balaban J connectivity index is 1.73. The van der Waals surface area contributed by atoms with Crippen molar-refractivity contribution in [1.29, 1.82) is 0 Å². The molecule has 30 heavy (non-hydrogen) atoms. The lowest BCUT2D eigenvalue weighted by Crippen LogP contribution is -2.41. The molecule has 2 aromatic rings. The van der Waals surface area contributed by atoms with Gasteiger partial charge in [0.05, 0.1) is 23.8 Å². The molecule has 2 aliphatic heterocycles. The van der Waals surface area contributed by atoms with Crippen LogP contribution in [-0.2, 0) is 21.2 Å². The molecule has 0 N–H and O–H groups in total. The predicted molar refractivity (Wildman–Crippen MR) is 112 cm³/mol. The Morgan fingerprint density at radius 3 is 2.47 bits per heavy atom. The highest BCUT2D eigenvalue weighted by atomic mass is 32.2. The van der Waals surface area contributed by atoms with Crippen molar-refractivity contribution in [2.45, 2.75) is 31.6 Å². The maximum absolute atomic E-state index is 14.4. The average molecular weight is 433 g/mol. The zero-order valence-corrected chi connectivity index (χ0v) is 18.0. The zero-order chi connectivity index (χ0) is 21.5. The normalized spacial score (nSPS) is 17.6. The van der Waals surface area contributed by atoms with Crippen LogP contribution in [0.3, 0.4) is 0 Å². The van der Waals surface area contributed by atoms with Gasteiger partial charge >= 0.3 is 0 Å². The molecule has 0 saturated carbocycles. The molecular formula is C22H25FN2O4S. The third-order valence-corrected chi connectivity index (χ3v) is 7.69. The van der Waals surface area contributed by atoms with Gasteiger partial charge in [-0.25, -0.2) is 12.8 Å². The summed E-state index contributed by atoms with van der Waals surface area (Å²) in [5, 5.41) is 0. The summed E-state index contributed by atoms with van der Waals surface area (Å²) < 4.78 is 47.1. The Labute approximate surface area is 176 Å². The summed E-state index contributed by atoms with van der Waals surface area (Å²) in [5.41, 5.74) is 2.98. The number of morpholine rings is 1. The summed E-state index contributed by atoms with van der Waals surface area (Å²) in [7, 11) is -3.72. The van der Waals surface area contributed by atoms with Crippen LogP contribution in [0.4, 0.5) is 10.1 Å². The number of anilines is 1. The highest BCUT2D eigenvalue weighted by Crippen LogP contribution is 2.34. The second-order valence-electron chi connectivity index (χ2n) is 7.74. The zero-order valence-electron chi connectivity index (χ0n) is 17.2. The van der Waals surface area contributed by atoms with E-state index in [1.54, 1.807) is 24.0 Å². The first-order chi connectivity index (χ1) is 14.3. The van der Waals surface area contributed by atoms with Gasteiger partial charge in [0.2, 0.25) is 10.0 Å². The SMILES string of the molecule is Cc1ccc(S(=O)(=O)N2CCOCC2)cc1C(=O)N1CCCc2c(F)ccc(C)c21. The number of amides is 1. The number of carbonyl (C=O) groups excluding carboxylic acids is 1. The van der Waals surface area contributed by atoms with E-state index in [2.05, 4.69) is 0 Å². The van der Waals surface area contributed by atoms with E-state index < -0.39 is 10.0 Å². The number of hydrogen-bond donors (Lipinski definition) is 0. The van der Waals surface area contributed by atoms with Crippen molar-refractivity contribution in [3.8, 4) is 0 Å². The maximum Gasteiger partial charge on any atom is 0.258 e. The van der Waals surface area contributed by atoms with Gasteiger partial charge in [-0.05, 0) is 56.0 Å². The third kappa shape index (κ3) is 3.64. The van der Waals surface area contributed by atoms with Crippen LogP contribution >= 0.6 is 0 Å². The van der Waals surface area contributed by atoms with Gasteiger partial charge in [0.1, 0.15) is 5.82 Å². The molecular weight excluding hydrogens is 407 g/mol. The topological polar surface area (TPSA) is 66.9 Å². The summed E-state index contributed by atoms with van der Waals surface area (Å²) in [5.74, 6) is -0.616. The first-order valence-corrected chi connectivity index (χ1v) is 11.5. The standard InChI is InChI=1S/C22H25FN2O4S/c1-15-5-7-17(30(27,28)24-10-12-29-13-11-24)14-19(15)22(26)25-9-3-4-18-20(23)8-6-16(2)21(18)25/h5-8,14H,3-4,9-13H2,1-2H3. The molecule has 1 saturated heterocycles. The number of aryl methyl sites for hydroxylation is 2. The predicted octanol–water partition coefficient (Wildman–Crippen LogP) is 3.06. The van der Waals surface area contributed by atoms with Crippen LogP contribution in [-0.4, -0.2) is 51.5 Å². The van der Waals surface area contributed by atoms with Crippen molar-refractivity contribution < 1.29 is 22.3 Å². The van der Waals surface area contributed by atoms with Gasteiger partial charge in [0, 0.05) is 30.8 Å². The number of rotatable bonds is 3. The van der Waals surface area contributed by atoms with Gasteiger partial charge in [-0.3, -0.25) is 4.79 Å². The molecule has 0 spiro atoms. The van der Waals surface area contributed by atoms with Crippen molar-refractivity contribution in [1.82, 2.24) is 4.31 Å². The van der Waals surface area contributed by atoms with Crippen molar-refractivity contribution in [3.63, 3.8) is 0 Å². The Hall–Kier alpha value is -2.29. The number of halogens is 1. The molecule has 0 bridgehead atoms. The minimum Gasteiger partial charge on any atom is -0.379 e. The molecule has 0 atom stereocenters. The third-order valence-electron chi connectivity index (χ3n) is 5.80. The molecule has 1 fully saturated rings. The molecule has 2 aliphatic rings. The molecule has 0 aliphatic carbocycles. The summed E-state index contributed by atoms with van der Waals surface area (Å²) >= 11 is 0. The molecule has 6 nitrogen and oxygen atoms in total. The maximum atomic E-state index is 14.4. The van der Waals surface area contributed by atoms with Crippen LogP contribution in [0, 0.1) is 19.7 Å². The van der Waals surface area contributed by atoms with Crippen LogP contribution < -0.4 is 4.90 Å². The van der Waals surface area contributed by atoms with Crippen molar-refractivity contribution in [2.75, 3.05) is 37.7 Å². The van der Waals surface area contributed by atoms with E-state index in [4.69, 9.17) is 4.74 Å². The Kier molecular flexibility index (Phi) is 5.65. The second-order valence-corrected chi connectivity index (χ2v) is 9.68. The lowest BCUT2D eigenvalue weighted by atomic mass is 9.96. The lowest BCUT2D eigenvalue weighted by Gasteiger charge is -2.32. The van der Waals surface area contributed by atoms with Crippen LogP contribution in [0.25, 0.3) is 0 Å². The number of fused-ring (bicyclic) bond motifs is 1. The molecule has 2 heterocycles. The molecule has 1 amide bonds. The number of sulfonamides is 1. The fourth-order valence-corrected chi connectivity index (χ4v) is 5.58. The fraction of sp³-hybridized carbons (Fsp3) is 0.409. The fourth-order valence-electron chi connectivity index (χ4n) is 4.14. The van der Waals surface area contributed by atoms with Crippen molar-refractivity contribution >= 4 is 21.6 Å². The van der Waals surface area contributed by atoms with Gasteiger partial charge in [0.15, 0.2) is 0 Å². The number of nitrogens with zero attached hydrogens (tertiary/aromatic N) is 2. The Morgan fingerprint density at radius 1 is 1.03 bits per heavy atom. The van der Waals surface area contributed by atoms with E-state index >= 15 is 0 Å². The minimum atomic E-state index is -3.72. The smallest absolute Gasteiger partial charge is 0.258 e. The van der Waals surface area contributed by atoms with Gasteiger partial charge in [0.25, 0.3) is 5.91 Å². The van der Waals surface area contributed by atoms with Gasteiger partial charge in [-0.1, -0.05) is 12.1 Å². The Morgan fingerprint density at radius 2 is 1.73 bits per heavy atom. The number of benzene rings is 2. The van der Waals surface area contributed by atoms with Crippen molar-refractivity contribution in [2.24, 2.45) is 0 Å². The van der Waals surface area contributed by atoms with Crippen LogP contribution in [0.2, 0.25) is 0 Å². The largest absolute Gasteiger partial charge is 0.379 e. The van der Waals surface area contributed by atoms with Gasteiger partial charge < -0.3 is 9.64 Å². The van der Waals surface area contributed by atoms with E-state index in [0.29, 0.717) is 55.0 Å². The molecule has 0 aromatic heterocycles.